The second-order valence-corrected chi connectivity index (χ2v) is 7.37. The van der Waals surface area contributed by atoms with Crippen molar-refractivity contribution in [3.63, 3.8) is 0 Å². The first kappa shape index (κ1) is 18.4. The second kappa shape index (κ2) is 7.22. The third kappa shape index (κ3) is 3.32. The minimum atomic E-state index is 0.240. The molecule has 4 aromatic rings. The van der Waals surface area contributed by atoms with E-state index in [1.165, 1.54) is 5.56 Å². The molecule has 0 aliphatic carbocycles. The third-order valence-electron chi connectivity index (χ3n) is 5.28. The van der Waals surface area contributed by atoms with Gasteiger partial charge in [-0.05, 0) is 23.2 Å². The van der Waals surface area contributed by atoms with Crippen molar-refractivity contribution in [3.05, 3.63) is 71.6 Å². The quantitative estimate of drug-likeness (QED) is 0.409. The number of nitrogen functional groups attached to an aromatic ring is 1. The van der Waals surface area contributed by atoms with Crippen LogP contribution in [0.15, 0.2) is 60.8 Å². The van der Waals surface area contributed by atoms with Crippen molar-refractivity contribution in [2.24, 2.45) is 7.05 Å². The van der Waals surface area contributed by atoms with Crippen molar-refractivity contribution < 1.29 is 0 Å². The molecule has 1 atom stereocenters. The van der Waals surface area contributed by atoms with Gasteiger partial charge in [0.15, 0.2) is 0 Å². The zero-order valence-corrected chi connectivity index (χ0v) is 16.6. The summed E-state index contributed by atoms with van der Waals surface area (Å²) < 4.78 is 2.36. The van der Waals surface area contributed by atoms with Crippen LogP contribution in [0.5, 0.6) is 0 Å². The van der Waals surface area contributed by atoms with Gasteiger partial charge < -0.3 is 10.3 Å². The number of quaternary nitrogens is 1. The van der Waals surface area contributed by atoms with Crippen molar-refractivity contribution in [1.29, 1.82) is 0 Å². The molecule has 7 heteroatoms. The summed E-state index contributed by atoms with van der Waals surface area (Å²) >= 11 is 6.11. The van der Waals surface area contributed by atoms with Crippen molar-refractivity contribution >= 4 is 40.1 Å². The van der Waals surface area contributed by atoms with E-state index in [1.807, 2.05) is 23.7 Å². The fourth-order valence-corrected chi connectivity index (χ4v) is 3.63. The molecule has 2 N–H and O–H groups in total. The molecule has 142 valence electrons. The summed E-state index contributed by atoms with van der Waals surface area (Å²) in [7, 11) is 4.05. The highest BCUT2D eigenvalue weighted by Gasteiger charge is 2.31. The van der Waals surface area contributed by atoms with Gasteiger partial charge in [-0.3, -0.25) is 0 Å². The summed E-state index contributed by atoms with van der Waals surface area (Å²) in [5, 5.41) is 0.240. The third-order valence-corrected chi connectivity index (χ3v) is 5.46. The fourth-order valence-electron chi connectivity index (χ4n) is 3.49. The van der Waals surface area contributed by atoms with E-state index in [-0.39, 0.29) is 5.28 Å². The molecule has 2 aromatic carbocycles. The van der Waals surface area contributed by atoms with Crippen molar-refractivity contribution in [2.75, 3.05) is 19.3 Å². The first-order chi connectivity index (χ1) is 13.5. The zero-order chi connectivity index (χ0) is 19.7. The highest BCUT2D eigenvalue weighted by atomic mass is 35.5. The van der Waals surface area contributed by atoms with E-state index in [9.17, 15) is 0 Å². The van der Waals surface area contributed by atoms with E-state index >= 15 is 0 Å². The monoisotopic (exact) mass is 393 g/mol. The van der Waals surface area contributed by atoms with Crippen LogP contribution in [0, 0.1) is 0 Å². The largest absolute Gasteiger partial charge is 0.369 e. The molecule has 0 radical (unpaired) electrons. The predicted molar refractivity (Wildman–Crippen MR) is 115 cm³/mol. The zero-order valence-electron chi connectivity index (χ0n) is 15.9. The lowest BCUT2D eigenvalue weighted by Gasteiger charge is -2.32. The molecule has 2 aromatic heterocycles. The number of halogens is 1. The number of anilines is 1. The minimum absolute atomic E-state index is 0.240. The molecule has 0 spiro atoms. The molecule has 2 heterocycles. The van der Waals surface area contributed by atoms with Crippen LogP contribution in [0.25, 0.3) is 11.0 Å². The van der Waals surface area contributed by atoms with Crippen LogP contribution in [0.4, 0.5) is 17.5 Å². The van der Waals surface area contributed by atoms with Gasteiger partial charge in [-0.2, -0.15) is 4.98 Å². The van der Waals surface area contributed by atoms with E-state index in [4.69, 9.17) is 17.3 Å². The highest BCUT2D eigenvalue weighted by molar-refractivity contribution is 6.28. The van der Waals surface area contributed by atoms with Gasteiger partial charge in [0.2, 0.25) is 17.0 Å². The van der Waals surface area contributed by atoms with Crippen LogP contribution in [-0.4, -0.2) is 33.1 Å². The average Bonchev–Trinajstić information content (AvgIpc) is 3.00. The number of nitrogens with zero attached hydrogens (tertiary/aromatic N) is 5. The molecule has 0 bridgehead atoms. The summed E-state index contributed by atoms with van der Waals surface area (Å²) in [6.07, 6.45) is 2.59. The Kier molecular flexibility index (Phi) is 4.75. The molecule has 0 fully saturated rings. The second-order valence-electron chi connectivity index (χ2n) is 7.04. The highest BCUT2D eigenvalue weighted by Crippen LogP contribution is 2.34. The number of hydrogen-bond acceptors (Lipinski definition) is 4. The fraction of sp³-hybridized carbons (Fsp3) is 0.190. The standard InChI is InChI=1S/C21H22ClN6/c1-27-18-9-8-16(14-17(18)25-21(27)23)28(2,19-10-12-24-20(22)26-19)13-11-15-6-4-3-5-7-15/h3-10,12,14H,11,13H2,1-2H3,(H2,23,25)/q+1. The Hall–Kier alpha value is -2.96. The Morgan fingerprint density at radius 2 is 1.86 bits per heavy atom. The first-order valence-electron chi connectivity index (χ1n) is 9.08. The molecule has 0 saturated carbocycles. The van der Waals surface area contributed by atoms with Crippen LogP contribution in [0.1, 0.15) is 5.56 Å². The molecule has 28 heavy (non-hydrogen) atoms. The number of hydrogen-bond donors (Lipinski definition) is 1. The van der Waals surface area contributed by atoms with Crippen LogP contribution in [0.2, 0.25) is 5.28 Å². The van der Waals surface area contributed by atoms with Gasteiger partial charge in [-0.25, -0.2) is 14.5 Å². The number of likely N-dealkylation sites (N-methyl/N-ethyl adjacent to an activating group) is 1. The maximum atomic E-state index is 6.11. The van der Waals surface area contributed by atoms with Crippen LogP contribution in [-0.2, 0) is 13.5 Å². The molecular weight excluding hydrogens is 372 g/mol. The van der Waals surface area contributed by atoms with E-state index < -0.39 is 0 Å². The summed E-state index contributed by atoms with van der Waals surface area (Å²) in [5.74, 6) is 1.33. The van der Waals surface area contributed by atoms with Gasteiger partial charge in [0, 0.05) is 37.9 Å². The number of imidazole rings is 1. The maximum absolute atomic E-state index is 6.11. The number of aromatic nitrogens is 4. The number of rotatable bonds is 5. The Labute approximate surface area is 168 Å². The maximum Gasteiger partial charge on any atom is 0.236 e. The van der Waals surface area contributed by atoms with Crippen LogP contribution >= 0.6 is 11.6 Å². The van der Waals surface area contributed by atoms with E-state index in [0.29, 0.717) is 10.4 Å². The van der Waals surface area contributed by atoms with Crippen molar-refractivity contribution in [2.45, 2.75) is 6.42 Å². The molecule has 0 aliphatic rings. The van der Waals surface area contributed by atoms with Crippen LogP contribution < -0.4 is 10.2 Å². The van der Waals surface area contributed by atoms with Gasteiger partial charge in [-0.1, -0.05) is 30.3 Å². The molecular formula is C21H22ClN6+. The van der Waals surface area contributed by atoms with E-state index in [0.717, 1.165) is 35.5 Å². The molecule has 0 saturated heterocycles. The van der Waals surface area contributed by atoms with Gasteiger partial charge >= 0.3 is 0 Å². The molecule has 0 amide bonds. The van der Waals surface area contributed by atoms with E-state index in [1.54, 1.807) is 6.20 Å². The summed E-state index contributed by atoms with van der Waals surface area (Å²) in [6, 6.07) is 18.6. The van der Waals surface area contributed by atoms with Crippen molar-refractivity contribution in [1.82, 2.24) is 24.0 Å². The van der Waals surface area contributed by atoms with Gasteiger partial charge in [0.1, 0.15) is 5.69 Å². The lowest BCUT2D eigenvalue weighted by Crippen LogP contribution is -2.42. The normalized spacial score (nSPS) is 13.5. The minimum Gasteiger partial charge on any atom is -0.369 e. The molecule has 0 aliphatic heterocycles. The smallest absolute Gasteiger partial charge is 0.236 e. The Morgan fingerprint density at radius 3 is 2.61 bits per heavy atom. The first-order valence-corrected chi connectivity index (χ1v) is 9.46. The molecule has 4 rings (SSSR count). The van der Waals surface area contributed by atoms with Crippen molar-refractivity contribution in [3.8, 4) is 0 Å². The van der Waals surface area contributed by atoms with E-state index in [2.05, 4.69) is 64.5 Å². The molecule has 6 nitrogen and oxygen atoms in total. The Bertz CT molecular complexity index is 1120. The summed E-state index contributed by atoms with van der Waals surface area (Å²) in [6.45, 7) is 0.811. The topological polar surface area (TPSA) is 69.6 Å². The predicted octanol–water partition coefficient (Wildman–Crippen LogP) is 4.11. The SMILES string of the molecule is Cn1c(N)nc2cc([N+](C)(CCc3ccccc3)c3ccnc(Cl)n3)ccc21. The average molecular weight is 394 g/mol. The van der Waals surface area contributed by atoms with Gasteiger partial charge in [0.25, 0.3) is 0 Å². The number of fused-ring (bicyclic) bond motifs is 1. The number of benzene rings is 2. The Morgan fingerprint density at radius 1 is 1.07 bits per heavy atom. The lowest BCUT2D eigenvalue weighted by atomic mass is 10.1. The number of nitrogens with two attached hydrogens (primary N) is 1. The molecule has 1 unspecified atom stereocenters. The van der Waals surface area contributed by atoms with Gasteiger partial charge in [-0.15, -0.1) is 0 Å². The van der Waals surface area contributed by atoms with Gasteiger partial charge in [0.05, 0.1) is 24.6 Å². The lowest BCUT2D eigenvalue weighted by molar-refractivity contribution is 0.448. The van der Waals surface area contributed by atoms with Crippen LogP contribution in [0.3, 0.4) is 0 Å². The Balaban J connectivity index is 1.80. The summed E-state index contributed by atoms with van der Waals surface area (Å²) in [5.41, 5.74) is 10.2. The number of aryl methyl sites for hydroxylation is 1. The summed E-state index contributed by atoms with van der Waals surface area (Å²) in [4.78, 5) is 13.0.